The summed E-state index contributed by atoms with van der Waals surface area (Å²) in [6.07, 6.45) is 3.83. The van der Waals surface area contributed by atoms with Crippen molar-refractivity contribution in [3.05, 3.63) is 168 Å². The summed E-state index contributed by atoms with van der Waals surface area (Å²) in [5.74, 6) is 0. The fraction of sp³-hybridized carbons (Fsp3) is 0.0244. The summed E-state index contributed by atoms with van der Waals surface area (Å²) in [6, 6.07) is 49.7. The number of nitrogens with two attached hydrogens (primary N) is 1. The first kappa shape index (κ1) is 27.7. The number of rotatable bonds is 6. The molecule has 5 heteroatoms. The molecule has 8 aromatic rings. The minimum absolute atomic E-state index is 0.354. The largest absolute Gasteiger partial charge is 0.321 e. The second kappa shape index (κ2) is 11.6. The first-order valence-corrected chi connectivity index (χ1v) is 16.0. The lowest BCUT2D eigenvalue weighted by molar-refractivity contribution is 0.911. The number of hydrogen-bond acceptors (Lipinski definition) is 4. The zero-order chi connectivity index (χ0) is 31.0. The topological polar surface area (TPSA) is 67.1 Å². The third-order valence-electron chi connectivity index (χ3n) is 8.46. The Bertz CT molecular complexity index is 2510. The van der Waals surface area contributed by atoms with Crippen LogP contribution in [0.4, 0.5) is 0 Å². The molecule has 2 N–H and O–H groups in total. The van der Waals surface area contributed by atoms with Gasteiger partial charge in [-0.05, 0) is 65.7 Å². The van der Waals surface area contributed by atoms with Crippen molar-refractivity contribution in [1.82, 2.24) is 4.57 Å². The maximum Gasteiger partial charge on any atom is 0.0991 e. The molecule has 0 spiro atoms. The summed E-state index contributed by atoms with van der Waals surface area (Å²) in [6.45, 7) is 0. The van der Waals surface area contributed by atoms with Gasteiger partial charge in [0.15, 0.2) is 0 Å². The van der Waals surface area contributed by atoms with E-state index >= 15 is 0 Å². The molecule has 2 heterocycles. The molecular formula is C41H28N4S. The summed E-state index contributed by atoms with van der Waals surface area (Å²) in [4.78, 5) is 4.96. The third kappa shape index (κ3) is 4.96. The Labute approximate surface area is 270 Å². The normalized spacial score (nSPS) is 12.8. The fourth-order valence-electron chi connectivity index (χ4n) is 6.26. The molecule has 46 heavy (non-hydrogen) atoms. The first-order valence-electron chi connectivity index (χ1n) is 15.2. The van der Waals surface area contributed by atoms with Crippen LogP contribution in [0.5, 0.6) is 0 Å². The van der Waals surface area contributed by atoms with Crippen molar-refractivity contribution < 1.29 is 0 Å². The van der Waals surface area contributed by atoms with Crippen molar-refractivity contribution in [3.63, 3.8) is 0 Å². The maximum atomic E-state index is 9.55. The van der Waals surface area contributed by atoms with E-state index in [1.54, 1.807) is 6.07 Å². The second-order valence-corrected chi connectivity index (χ2v) is 12.4. The van der Waals surface area contributed by atoms with Gasteiger partial charge in [0.25, 0.3) is 0 Å². The standard InChI is InChI=1S/C41H28N4S/c42-25-27-10-8-14-30(20-27)37(24-36(43)29-12-2-1-3-13-29)44-26-28-11-9-15-31(21-28)45-38-18-6-4-16-32(38)34-23-41-35(22-39(34)45)33-17-5-7-19-40(33)46-41/h1-24,26,36H,43H2/b37-24-,44-26+. The Morgan fingerprint density at radius 1 is 0.696 bits per heavy atom. The summed E-state index contributed by atoms with van der Waals surface area (Å²) in [7, 11) is 0. The van der Waals surface area contributed by atoms with Crippen LogP contribution in [0.15, 0.2) is 151 Å². The van der Waals surface area contributed by atoms with Gasteiger partial charge in [-0.2, -0.15) is 5.26 Å². The molecule has 0 saturated carbocycles. The Morgan fingerprint density at radius 3 is 2.35 bits per heavy atom. The van der Waals surface area contributed by atoms with Crippen molar-refractivity contribution in [3.8, 4) is 11.8 Å². The van der Waals surface area contributed by atoms with Gasteiger partial charge in [-0.3, -0.25) is 4.99 Å². The highest BCUT2D eigenvalue weighted by atomic mass is 32.1. The molecule has 0 bridgehead atoms. The van der Waals surface area contributed by atoms with Crippen molar-refractivity contribution in [2.75, 3.05) is 0 Å². The molecule has 0 aliphatic rings. The van der Waals surface area contributed by atoms with Gasteiger partial charge in [-0.1, -0.05) is 91.0 Å². The molecule has 4 nitrogen and oxygen atoms in total. The van der Waals surface area contributed by atoms with Crippen molar-refractivity contribution in [2.24, 2.45) is 10.7 Å². The summed E-state index contributed by atoms with van der Waals surface area (Å²) >= 11 is 1.85. The highest BCUT2D eigenvalue weighted by Crippen LogP contribution is 2.40. The Balaban J connectivity index is 1.25. The second-order valence-electron chi connectivity index (χ2n) is 11.4. The number of aliphatic imine (C=N–C) groups is 1. The van der Waals surface area contributed by atoms with E-state index < -0.39 is 0 Å². The molecule has 0 aliphatic carbocycles. The van der Waals surface area contributed by atoms with Gasteiger partial charge in [0.2, 0.25) is 0 Å². The SMILES string of the molecule is N#Cc1cccc(C(=C/C(N)c2ccccc2)/N=C/c2cccc(-n3c4ccccc4c4cc5sc6ccccc6c5cc43)c2)c1. The van der Waals surface area contributed by atoms with Gasteiger partial charge in [0.1, 0.15) is 0 Å². The molecule has 0 aliphatic heterocycles. The number of para-hydroxylation sites is 1. The minimum Gasteiger partial charge on any atom is -0.321 e. The van der Waals surface area contributed by atoms with Crippen LogP contribution in [0.25, 0.3) is 53.4 Å². The fourth-order valence-corrected chi connectivity index (χ4v) is 7.38. The van der Waals surface area contributed by atoms with Crippen LogP contribution >= 0.6 is 11.3 Å². The predicted molar refractivity (Wildman–Crippen MR) is 194 cm³/mol. The molecule has 0 radical (unpaired) electrons. The molecule has 2 aromatic heterocycles. The van der Waals surface area contributed by atoms with Gasteiger partial charge < -0.3 is 10.3 Å². The lowest BCUT2D eigenvalue weighted by Crippen LogP contribution is -2.07. The van der Waals surface area contributed by atoms with Crippen molar-refractivity contribution >= 4 is 65.2 Å². The average Bonchev–Trinajstić information content (AvgIpc) is 3.64. The summed E-state index contributed by atoms with van der Waals surface area (Å²) in [5.41, 5.74) is 14.1. The third-order valence-corrected chi connectivity index (χ3v) is 9.60. The highest BCUT2D eigenvalue weighted by Gasteiger charge is 2.15. The molecule has 8 rings (SSSR count). The number of nitriles is 1. The number of hydrogen-bond donors (Lipinski definition) is 1. The van der Waals surface area contributed by atoms with Gasteiger partial charge in [-0.25, -0.2) is 0 Å². The van der Waals surface area contributed by atoms with E-state index in [1.807, 2.05) is 72.2 Å². The van der Waals surface area contributed by atoms with E-state index in [-0.39, 0.29) is 6.04 Å². The van der Waals surface area contributed by atoms with Gasteiger partial charge in [0, 0.05) is 48.4 Å². The number of aromatic nitrogens is 1. The lowest BCUT2D eigenvalue weighted by Gasteiger charge is -2.11. The van der Waals surface area contributed by atoms with Gasteiger partial charge >= 0.3 is 0 Å². The van der Waals surface area contributed by atoms with Crippen LogP contribution in [0.3, 0.4) is 0 Å². The number of fused-ring (bicyclic) bond motifs is 6. The minimum atomic E-state index is -0.354. The molecule has 218 valence electrons. The molecule has 1 unspecified atom stereocenters. The van der Waals surface area contributed by atoms with E-state index in [4.69, 9.17) is 10.7 Å². The number of benzene rings is 6. The number of nitrogens with zero attached hydrogens (tertiary/aromatic N) is 3. The molecule has 1 atom stereocenters. The lowest BCUT2D eigenvalue weighted by atomic mass is 10.0. The summed E-state index contributed by atoms with van der Waals surface area (Å²) < 4.78 is 4.95. The zero-order valence-electron chi connectivity index (χ0n) is 24.8. The molecular weight excluding hydrogens is 581 g/mol. The first-order chi connectivity index (χ1) is 22.7. The van der Waals surface area contributed by atoms with Crippen LogP contribution in [0.2, 0.25) is 0 Å². The van der Waals surface area contributed by atoms with E-state index in [0.29, 0.717) is 11.3 Å². The molecule has 0 amide bonds. The maximum absolute atomic E-state index is 9.55. The smallest absolute Gasteiger partial charge is 0.0991 e. The van der Waals surface area contributed by atoms with Crippen molar-refractivity contribution in [1.29, 1.82) is 5.26 Å². The molecule has 6 aromatic carbocycles. The van der Waals surface area contributed by atoms with Crippen LogP contribution < -0.4 is 5.73 Å². The predicted octanol–water partition coefficient (Wildman–Crippen LogP) is 10.2. The Kier molecular flexibility index (Phi) is 7.00. The van der Waals surface area contributed by atoms with E-state index in [0.717, 1.165) is 27.9 Å². The quantitative estimate of drug-likeness (QED) is 0.191. The van der Waals surface area contributed by atoms with Crippen LogP contribution in [-0.4, -0.2) is 10.8 Å². The van der Waals surface area contributed by atoms with Gasteiger partial charge in [-0.15, -0.1) is 11.3 Å². The Hall–Kier alpha value is -5.80. The molecule has 0 fully saturated rings. The molecule has 0 saturated heterocycles. The van der Waals surface area contributed by atoms with E-state index in [9.17, 15) is 5.26 Å². The van der Waals surface area contributed by atoms with Crippen molar-refractivity contribution in [2.45, 2.75) is 6.04 Å². The van der Waals surface area contributed by atoms with Crippen LogP contribution in [0.1, 0.15) is 28.3 Å². The van der Waals surface area contributed by atoms with Crippen LogP contribution in [0, 0.1) is 11.3 Å². The van der Waals surface area contributed by atoms with Gasteiger partial charge in [0.05, 0.1) is 34.4 Å². The van der Waals surface area contributed by atoms with Crippen LogP contribution in [-0.2, 0) is 0 Å². The monoisotopic (exact) mass is 608 g/mol. The highest BCUT2D eigenvalue weighted by molar-refractivity contribution is 7.25. The average molecular weight is 609 g/mol. The van der Waals surface area contributed by atoms with E-state index in [2.05, 4.69) is 95.6 Å². The van der Waals surface area contributed by atoms with E-state index in [1.165, 1.54) is 36.5 Å². The zero-order valence-corrected chi connectivity index (χ0v) is 25.7. The summed E-state index contributed by atoms with van der Waals surface area (Å²) in [5, 5.41) is 14.6. The number of thiophene rings is 1. The Morgan fingerprint density at radius 2 is 1.48 bits per heavy atom.